The molecule has 17 heavy (non-hydrogen) atoms. The zero-order valence-electron chi connectivity index (χ0n) is 10.7. The maximum atomic E-state index is 6.30. The van der Waals surface area contributed by atoms with Gasteiger partial charge in [0.1, 0.15) is 0 Å². The van der Waals surface area contributed by atoms with Crippen LogP contribution < -0.4 is 5.32 Å². The maximum Gasteiger partial charge on any atom is 0.0834 e. The highest BCUT2D eigenvalue weighted by Gasteiger charge is 2.31. The molecule has 1 fully saturated rings. The normalized spacial score (nSPS) is 18.1. The third-order valence-corrected chi connectivity index (χ3v) is 3.95. The molecule has 1 aliphatic rings. The first-order valence-corrected chi connectivity index (χ1v) is 7.10. The van der Waals surface area contributed by atoms with Crippen LogP contribution in [0.25, 0.3) is 0 Å². The quantitative estimate of drug-likeness (QED) is 0.844. The first-order valence-electron chi connectivity index (χ1n) is 6.72. The summed E-state index contributed by atoms with van der Waals surface area (Å²) in [5, 5.41) is 8.81. The molecule has 3 nitrogen and oxygen atoms in total. The van der Waals surface area contributed by atoms with E-state index in [-0.39, 0.29) is 0 Å². The van der Waals surface area contributed by atoms with E-state index in [2.05, 4.69) is 24.3 Å². The summed E-state index contributed by atoms with van der Waals surface area (Å²) >= 11 is 6.30. The lowest BCUT2D eigenvalue weighted by molar-refractivity contribution is 0.222. The second-order valence-electron chi connectivity index (χ2n) is 4.82. The summed E-state index contributed by atoms with van der Waals surface area (Å²) in [5.74, 6) is 0.737. The monoisotopic (exact) mass is 255 g/mol. The van der Waals surface area contributed by atoms with Gasteiger partial charge >= 0.3 is 0 Å². The van der Waals surface area contributed by atoms with Gasteiger partial charge in [-0.1, -0.05) is 24.9 Å². The Labute approximate surface area is 109 Å². The highest BCUT2D eigenvalue weighted by Crippen LogP contribution is 2.39. The van der Waals surface area contributed by atoms with Crippen LogP contribution in [0.15, 0.2) is 6.20 Å². The lowest BCUT2D eigenvalue weighted by Crippen LogP contribution is -2.34. The molecule has 0 saturated heterocycles. The zero-order valence-corrected chi connectivity index (χ0v) is 11.5. The van der Waals surface area contributed by atoms with E-state index in [9.17, 15) is 0 Å². The minimum absolute atomic E-state index is 0.388. The number of nitrogens with zero attached hydrogens (tertiary/aromatic N) is 2. The molecule has 0 aromatic carbocycles. The van der Waals surface area contributed by atoms with Crippen molar-refractivity contribution in [1.29, 1.82) is 0 Å². The highest BCUT2D eigenvalue weighted by molar-refractivity contribution is 6.31. The first-order chi connectivity index (χ1) is 8.27. The molecule has 1 atom stereocenters. The van der Waals surface area contributed by atoms with Crippen LogP contribution in [-0.2, 0) is 6.54 Å². The highest BCUT2D eigenvalue weighted by atomic mass is 35.5. The van der Waals surface area contributed by atoms with E-state index in [0.29, 0.717) is 6.04 Å². The molecule has 0 radical (unpaired) electrons. The second-order valence-corrected chi connectivity index (χ2v) is 5.22. The first kappa shape index (κ1) is 12.9. The summed E-state index contributed by atoms with van der Waals surface area (Å²) in [6.07, 6.45) is 6.91. The molecule has 0 spiro atoms. The Bertz CT molecular complexity index is 358. The molecule has 1 aromatic heterocycles. The van der Waals surface area contributed by atoms with E-state index in [0.717, 1.165) is 30.5 Å². The lowest BCUT2D eigenvalue weighted by Gasteiger charge is -2.35. The maximum absolute atomic E-state index is 6.30. The minimum atomic E-state index is 0.388. The SMILES string of the molecule is CCCNC(c1c(Cl)cnn1CC)C1CCC1. The van der Waals surface area contributed by atoms with Crippen LogP contribution in [0, 0.1) is 5.92 Å². The van der Waals surface area contributed by atoms with Gasteiger partial charge in [-0.05, 0) is 38.6 Å². The van der Waals surface area contributed by atoms with Gasteiger partial charge in [-0.15, -0.1) is 0 Å². The Balaban J connectivity index is 2.20. The number of nitrogens with one attached hydrogen (secondary N) is 1. The predicted molar refractivity (Wildman–Crippen MR) is 71.3 cm³/mol. The molecule has 0 bridgehead atoms. The smallest absolute Gasteiger partial charge is 0.0834 e. The molecule has 1 aromatic rings. The molecule has 96 valence electrons. The van der Waals surface area contributed by atoms with Crippen molar-refractivity contribution in [3.8, 4) is 0 Å². The molecule has 2 rings (SSSR count). The van der Waals surface area contributed by atoms with Gasteiger partial charge in [0, 0.05) is 6.54 Å². The van der Waals surface area contributed by atoms with Crippen LogP contribution in [0.3, 0.4) is 0 Å². The molecule has 1 aliphatic carbocycles. The van der Waals surface area contributed by atoms with Crippen LogP contribution in [-0.4, -0.2) is 16.3 Å². The summed E-state index contributed by atoms with van der Waals surface area (Å²) < 4.78 is 2.04. The Morgan fingerprint density at radius 3 is 2.82 bits per heavy atom. The van der Waals surface area contributed by atoms with Gasteiger partial charge in [-0.25, -0.2) is 0 Å². The van der Waals surface area contributed by atoms with Crippen LogP contribution >= 0.6 is 11.6 Å². The van der Waals surface area contributed by atoms with Crippen molar-refractivity contribution in [3.05, 3.63) is 16.9 Å². The summed E-state index contributed by atoms with van der Waals surface area (Å²) in [7, 11) is 0. The minimum Gasteiger partial charge on any atom is -0.308 e. The summed E-state index contributed by atoms with van der Waals surface area (Å²) in [6.45, 7) is 6.25. The summed E-state index contributed by atoms with van der Waals surface area (Å²) in [5.41, 5.74) is 1.19. The van der Waals surface area contributed by atoms with Gasteiger partial charge in [0.2, 0.25) is 0 Å². The van der Waals surface area contributed by atoms with Crippen molar-refractivity contribution in [1.82, 2.24) is 15.1 Å². The summed E-state index contributed by atoms with van der Waals surface area (Å²) in [6, 6.07) is 0.388. The van der Waals surface area contributed by atoms with E-state index < -0.39 is 0 Å². The van der Waals surface area contributed by atoms with Gasteiger partial charge in [0.05, 0.1) is 23.0 Å². The number of halogens is 1. The van der Waals surface area contributed by atoms with Crippen molar-refractivity contribution >= 4 is 11.6 Å². The largest absolute Gasteiger partial charge is 0.308 e. The van der Waals surface area contributed by atoms with Crippen LogP contribution in [0.4, 0.5) is 0 Å². The van der Waals surface area contributed by atoms with Crippen LogP contribution in [0.2, 0.25) is 5.02 Å². The van der Waals surface area contributed by atoms with E-state index >= 15 is 0 Å². The predicted octanol–water partition coefficient (Wildman–Crippen LogP) is 3.40. The molecule has 1 unspecified atom stereocenters. The number of hydrogen-bond donors (Lipinski definition) is 1. The van der Waals surface area contributed by atoms with E-state index in [1.54, 1.807) is 6.20 Å². The number of aryl methyl sites for hydroxylation is 1. The Kier molecular flexibility index (Phi) is 4.46. The van der Waals surface area contributed by atoms with Crippen molar-refractivity contribution in [2.75, 3.05) is 6.54 Å². The van der Waals surface area contributed by atoms with Gasteiger partial charge in [-0.2, -0.15) is 5.10 Å². The van der Waals surface area contributed by atoms with Crippen molar-refractivity contribution < 1.29 is 0 Å². The van der Waals surface area contributed by atoms with E-state index in [4.69, 9.17) is 11.6 Å². The fraction of sp³-hybridized carbons (Fsp3) is 0.769. The van der Waals surface area contributed by atoms with Crippen molar-refractivity contribution in [3.63, 3.8) is 0 Å². The third kappa shape index (κ3) is 2.66. The lowest BCUT2D eigenvalue weighted by atomic mass is 9.78. The van der Waals surface area contributed by atoms with Gasteiger partial charge < -0.3 is 5.32 Å². The van der Waals surface area contributed by atoms with Crippen LogP contribution in [0.5, 0.6) is 0 Å². The molecular weight excluding hydrogens is 234 g/mol. The van der Waals surface area contributed by atoms with Crippen molar-refractivity contribution in [2.45, 2.75) is 52.1 Å². The Morgan fingerprint density at radius 2 is 2.29 bits per heavy atom. The number of rotatable bonds is 6. The standard InChI is InChI=1S/C13H22ClN3/c1-3-8-15-12(10-6-5-7-10)13-11(14)9-16-17(13)4-2/h9-10,12,15H,3-8H2,1-2H3. The van der Waals surface area contributed by atoms with Gasteiger partial charge in [-0.3, -0.25) is 4.68 Å². The van der Waals surface area contributed by atoms with Crippen molar-refractivity contribution in [2.24, 2.45) is 5.92 Å². The molecule has 0 amide bonds. The average molecular weight is 256 g/mol. The summed E-state index contributed by atoms with van der Waals surface area (Å²) in [4.78, 5) is 0. The van der Waals surface area contributed by atoms with Crippen LogP contribution in [0.1, 0.15) is 51.3 Å². The molecule has 1 heterocycles. The van der Waals surface area contributed by atoms with E-state index in [1.165, 1.54) is 25.0 Å². The topological polar surface area (TPSA) is 29.9 Å². The Morgan fingerprint density at radius 1 is 1.53 bits per heavy atom. The third-order valence-electron chi connectivity index (χ3n) is 3.66. The molecule has 1 saturated carbocycles. The number of aromatic nitrogens is 2. The van der Waals surface area contributed by atoms with E-state index in [1.807, 2.05) is 4.68 Å². The fourth-order valence-corrected chi connectivity index (χ4v) is 2.75. The molecule has 0 aliphatic heterocycles. The fourth-order valence-electron chi connectivity index (χ4n) is 2.49. The average Bonchev–Trinajstić information content (AvgIpc) is 2.63. The number of hydrogen-bond acceptors (Lipinski definition) is 2. The molecular formula is C13H22ClN3. The second kappa shape index (κ2) is 5.87. The molecule has 4 heteroatoms. The zero-order chi connectivity index (χ0) is 12.3. The molecule has 1 N–H and O–H groups in total. The Hall–Kier alpha value is -0.540. The van der Waals surface area contributed by atoms with Gasteiger partial charge in [0.15, 0.2) is 0 Å². The van der Waals surface area contributed by atoms with Gasteiger partial charge in [0.25, 0.3) is 0 Å².